The van der Waals surface area contributed by atoms with Gasteiger partial charge in [-0.25, -0.2) is 4.39 Å². The second kappa shape index (κ2) is 6.70. The van der Waals surface area contributed by atoms with Gasteiger partial charge in [0.25, 0.3) is 5.91 Å². The summed E-state index contributed by atoms with van der Waals surface area (Å²) in [7, 11) is 3.88. The molecule has 0 saturated carbocycles. The summed E-state index contributed by atoms with van der Waals surface area (Å²) in [6, 6.07) is 6.37. The number of benzene rings is 1. The summed E-state index contributed by atoms with van der Waals surface area (Å²) < 4.78 is 18.6. The molecule has 1 aromatic carbocycles. The summed E-state index contributed by atoms with van der Waals surface area (Å²) in [4.78, 5) is 16.1. The smallest absolute Gasteiger partial charge is 0.260 e. The topological polar surface area (TPSA) is 32.8 Å². The monoisotopic (exact) mass is 280 g/mol. The van der Waals surface area contributed by atoms with Gasteiger partial charge in [0, 0.05) is 13.1 Å². The maximum absolute atomic E-state index is 13.4. The van der Waals surface area contributed by atoms with Gasteiger partial charge in [-0.05, 0) is 45.1 Å². The SMILES string of the molecule is CN1CCC(N(C)C(=O)COc2ccccc2F)CC1. The fourth-order valence-electron chi connectivity index (χ4n) is 2.39. The molecule has 0 radical (unpaired) electrons. The van der Waals surface area contributed by atoms with Crippen LogP contribution in [0.1, 0.15) is 12.8 Å². The van der Waals surface area contributed by atoms with Gasteiger partial charge in [-0.15, -0.1) is 0 Å². The molecule has 0 N–H and O–H groups in total. The molecule has 1 amide bonds. The van der Waals surface area contributed by atoms with Crippen LogP contribution in [-0.2, 0) is 4.79 Å². The van der Waals surface area contributed by atoms with Gasteiger partial charge >= 0.3 is 0 Å². The van der Waals surface area contributed by atoms with Gasteiger partial charge in [-0.3, -0.25) is 4.79 Å². The third-order valence-electron chi connectivity index (χ3n) is 3.82. The number of hydrogen-bond donors (Lipinski definition) is 0. The summed E-state index contributed by atoms with van der Waals surface area (Å²) in [6.45, 7) is 1.87. The molecule has 1 saturated heterocycles. The molecule has 0 spiro atoms. The van der Waals surface area contributed by atoms with Crippen molar-refractivity contribution in [2.24, 2.45) is 0 Å². The first-order chi connectivity index (χ1) is 9.58. The van der Waals surface area contributed by atoms with Crippen molar-refractivity contribution in [1.29, 1.82) is 0 Å². The lowest BCUT2D eigenvalue weighted by Crippen LogP contribution is -2.45. The molecule has 110 valence electrons. The highest BCUT2D eigenvalue weighted by Gasteiger charge is 2.24. The van der Waals surface area contributed by atoms with Crippen molar-refractivity contribution in [2.45, 2.75) is 18.9 Å². The lowest BCUT2D eigenvalue weighted by atomic mass is 10.0. The zero-order valence-corrected chi connectivity index (χ0v) is 12.0. The molecular weight excluding hydrogens is 259 g/mol. The number of para-hydroxylation sites is 1. The minimum absolute atomic E-state index is 0.109. The molecule has 2 rings (SSSR count). The fourth-order valence-corrected chi connectivity index (χ4v) is 2.39. The van der Waals surface area contributed by atoms with Crippen molar-refractivity contribution in [1.82, 2.24) is 9.80 Å². The number of carbonyl (C=O) groups is 1. The van der Waals surface area contributed by atoms with Crippen molar-refractivity contribution in [3.8, 4) is 5.75 Å². The number of likely N-dealkylation sites (tertiary alicyclic amines) is 1. The summed E-state index contributed by atoms with van der Waals surface area (Å²) in [5, 5.41) is 0. The third kappa shape index (κ3) is 3.70. The molecular formula is C15H21FN2O2. The average Bonchev–Trinajstić information content (AvgIpc) is 2.46. The molecule has 0 aromatic heterocycles. The van der Waals surface area contributed by atoms with E-state index in [1.807, 2.05) is 0 Å². The molecule has 20 heavy (non-hydrogen) atoms. The van der Waals surface area contributed by atoms with Gasteiger partial charge in [0.15, 0.2) is 18.2 Å². The Morgan fingerprint density at radius 1 is 1.40 bits per heavy atom. The normalized spacial score (nSPS) is 16.9. The van der Waals surface area contributed by atoms with Gasteiger partial charge in [-0.2, -0.15) is 0 Å². The van der Waals surface area contributed by atoms with E-state index >= 15 is 0 Å². The predicted octanol–water partition coefficient (Wildman–Crippen LogP) is 1.76. The Bertz CT molecular complexity index is 459. The van der Waals surface area contributed by atoms with Crippen LogP contribution < -0.4 is 4.74 Å². The van der Waals surface area contributed by atoms with Crippen LogP contribution in [0.15, 0.2) is 24.3 Å². The quantitative estimate of drug-likeness (QED) is 0.842. The Hall–Kier alpha value is -1.62. The number of nitrogens with zero attached hydrogens (tertiary/aromatic N) is 2. The minimum atomic E-state index is -0.442. The van der Waals surface area contributed by atoms with E-state index in [1.165, 1.54) is 12.1 Å². The molecule has 1 aliphatic rings. The van der Waals surface area contributed by atoms with Gasteiger partial charge in [0.05, 0.1) is 0 Å². The number of rotatable bonds is 4. The van der Waals surface area contributed by atoms with Crippen LogP contribution in [0.25, 0.3) is 0 Å². The van der Waals surface area contributed by atoms with E-state index in [4.69, 9.17) is 4.74 Å². The largest absolute Gasteiger partial charge is 0.481 e. The van der Waals surface area contributed by atoms with Crippen LogP contribution in [0.4, 0.5) is 4.39 Å². The standard InChI is InChI=1S/C15H21FN2O2/c1-17-9-7-12(8-10-17)18(2)15(19)11-20-14-6-4-3-5-13(14)16/h3-6,12H,7-11H2,1-2H3. The second-order valence-electron chi connectivity index (χ2n) is 5.26. The molecule has 4 nitrogen and oxygen atoms in total. The van der Waals surface area contributed by atoms with E-state index in [0.29, 0.717) is 0 Å². The maximum Gasteiger partial charge on any atom is 0.260 e. The van der Waals surface area contributed by atoms with Crippen molar-refractivity contribution >= 4 is 5.91 Å². The summed E-state index contributed by atoms with van der Waals surface area (Å²) in [5.41, 5.74) is 0. The molecule has 0 atom stereocenters. The summed E-state index contributed by atoms with van der Waals surface area (Å²) in [5.74, 6) is -0.428. The van der Waals surface area contributed by atoms with Gasteiger partial charge in [-0.1, -0.05) is 12.1 Å². The molecule has 0 bridgehead atoms. The van der Waals surface area contributed by atoms with E-state index in [9.17, 15) is 9.18 Å². The minimum Gasteiger partial charge on any atom is -0.481 e. The van der Waals surface area contributed by atoms with Crippen LogP contribution >= 0.6 is 0 Å². The Morgan fingerprint density at radius 2 is 2.05 bits per heavy atom. The Morgan fingerprint density at radius 3 is 2.70 bits per heavy atom. The maximum atomic E-state index is 13.4. The average molecular weight is 280 g/mol. The molecule has 1 aromatic rings. The van der Waals surface area contributed by atoms with Crippen molar-refractivity contribution in [3.05, 3.63) is 30.1 Å². The number of ether oxygens (including phenoxy) is 1. The van der Waals surface area contributed by atoms with E-state index in [0.717, 1.165) is 25.9 Å². The predicted molar refractivity (Wildman–Crippen MR) is 75.2 cm³/mol. The molecule has 1 aliphatic heterocycles. The van der Waals surface area contributed by atoms with Crippen molar-refractivity contribution in [3.63, 3.8) is 0 Å². The highest BCUT2D eigenvalue weighted by Crippen LogP contribution is 2.17. The number of likely N-dealkylation sites (N-methyl/N-ethyl adjacent to an activating group) is 1. The molecule has 1 heterocycles. The Kier molecular flexibility index (Phi) is 4.95. The van der Waals surface area contributed by atoms with Gasteiger partial charge < -0.3 is 14.5 Å². The van der Waals surface area contributed by atoms with E-state index in [1.54, 1.807) is 24.1 Å². The number of piperidine rings is 1. The number of amides is 1. The van der Waals surface area contributed by atoms with Crippen LogP contribution in [0.5, 0.6) is 5.75 Å². The lowest BCUT2D eigenvalue weighted by molar-refractivity contribution is -0.135. The summed E-state index contributed by atoms with van der Waals surface area (Å²) >= 11 is 0. The van der Waals surface area contributed by atoms with E-state index < -0.39 is 5.82 Å². The number of carbonyl (C=O) groups excluding carboxylic acids is 1. The van der Waals surface area contributed by atoms with Crippen LogP contribution in [0.2, 0.25) is 0 Å². The lowest BCUT2D eigenvalue weighted by Gasteiger charge is -2.35. The zero-order valence-electron chi connectivity index (χ0n) is 12.0. The first-order valence-electron chi connectivity index (χ1n) is 6.89. The van der Waals surface area contributed by atoms with Gasteiger partial charge in [0.1, 0.15) is 0 Å². The highest BCUT2D eigenvalue weighted by molar-refractivity contribution is 5.77. The molecule has 0 aliphatic carbocycles. The zero-order chi connectivity index (χ0) is 14.5. The molecule has 1 fully saturated rings. The van der Waals surface area contributed by atoms with Crippen LogP contribution in [0, 0.1) is 5.82 Å². The first-order valence-corrected chi connectivity index (χ1v) is 6.89. The van der Waals surface area contributed by atoms with Gasteiger partial charge in [0.2, 0.25) is 0 Å². The third-order valence-corrected chi connectivity index (χ3v) is 3.82. The Balaban J connectivity index is 1.84. The second-order valence-corrected chi connectivity index (χ2v) is 5.26. The summed E-state index contributed by atoms with van der Waals surface area (Å²) in [6.07, 6.45) is 1.94. The number of hydrogen-bond acceptors (Lipinski definition) is 3. The molecule has 0 unspecified atom stereocenters. The number of halogens is 1. The van der Waals surface area contributed by atoms with Crippen molar-refractivity contribution in [2.75, 3.05) is 33.8 Å². The van der Waals surface area contributed by atoms with E-state index in [-0.39, 0.29) is 24.3 Å². The fraction of sp³-hybridized carbons (Fsp3) is 0.533. The molecule has 5 heteroatoms. The van der Waals surface area contributed by atoms with Crippen LogP contribution in [0.3, 0.4) is 0 Å². The first kappa shape index (κ1) is 14.8. The van der Waals surface area contributed by atoms with E-state index in [2.05, 4.69) is 11.9 Å². The highest BCUT2D eigenvalue weighted by atomic mass is 19.1. The van der Waals surface area contributed by atoms with Crippen LogP contribution in [-0.4, -0.2) is 55.5 Å². The van der Waals surface area contributed by atoms with Crippen molar-refractivity contribution < 1.29 is 13.9 Å². The Labute approximate surface area is 119 Å².